The quantitative estimate of drug-likeness (QED) is 0.231. The molecule has 220 valence electrons. The summed E-state index contributed by atoms with van der Waals surface area (Å²) in [5, 5.41) is 18.9. The highest BCUT2D eigenvalue weighted by atomic mass is 16.2. The molecule has 8 nitrogen and oxygen atoms in total. The minimum Gasteiger partial charge on any atom is -0.392 e. The van der Waals surface area contributed by atoms with Crippen LogP contribution in [-0.2, 0) is 29.5 Å². The van der Waals surface area contributed by atoms with Crippen LogP contribution in [0.2, 0.25) is 0 Å². The topological polar surface area (TPSA) is 123 Å². The van der Waals surface area contributed by atoms with Crippen LogP contribution in [0.25, 0.3) is 0 Å². The van der Waals surface area contributed by atoms with Gasteiger partial charge in [-0.1, -0.05) is 37.4 Å². The van der Waals surface area contributed by atoms with E-state index in [-0.39, 0.29) is 11.9 Å². The largest absolute Gasteiger partial charge is 0.392 e. The maximum absolute atomic E-state index is 13.6. The second-order valence-electron chi connectivity index (χ2n) is 12.0. The molecule has 2 amide bonds. The predicted molar refractivity (Wildman–Crippen MR) is 165 cm³/mol. The lowest BCUT2D eigenvalue weighted by atomic mass is 9.69. The Kier molecular flexibility index (Phi) is 8.53. The number of nitrogens with zero attached hydrogens (tertiary/aromatic N) is 2. The number of carbonyl (C=O) groups excluding carboxylic acids is 2. The third kappa shape index (κ3) is 5.59. The number of benzene rings is 2. The van der Waals surface area contributed by atoms with Gasteiger partial charge in [-0.3, -0.25) is 14.5 Å². The number of hydrogen-bond acceptors (Lipinski definition) is 6. The van der Waals surface area contributed by atoms with E-state index in [1.807, 2.05) is 19.2 Å². The molecule has 0 spiro atoms. The molecule has 5 rings (SSSR count). The average Bonchev–Trinajstić information content (AvgIpc) is 3.71. The summed E-state index contributed by atoms with van der Waals surface area (Å²) >= 11 is 0. The summed E-state index contributed by atoms with van der Waals surface area (Å²) in [4.78, 5) is 28.4. The first kappa shape index (κ1) is 29.6. The number of hydrogen-bond donors (Lipinski definition) is 4. The highest BCUT2D eigenvalue weighted by Gasteiger charge is 2.52. The molecule has 1 aliphatic heterocycles. The molecule has 1 saturated heterocycles. The zero-order valence-electron chi connectivity index (χ0n) is 24.8. The molecule has 5 N–H and O–H groups in total. The van der Waals surface area contributed by atoms with Crippen molar-refractivity contribution in [3.63, 3.8) is 0 Å². The van der Waals surface area contributed by atoms with E-state index in [0.717, 1.165) is 51.9 Å². The van der Waals surface area contributed by atoms with Crippen molar-refractivity contribution in [2.45, 2.75) is 56.0 Å². The number of primary amides is 1. The van der Waals surface area contributed by atoms with E-state index in [0.29, 0.717) is 56.4 Å². The molecule has 0 radical (unpaired) electrons. The molecule has 0 bridgehead atoms. The van der Waals surface area contributed by atoms with E-state index >= 15 is 0 Å². The molecule has 4 atom stereocenters. The van der Waals surface area contributed by atoms with Crippen molar-refractivity contribution in [3.8, 4) is 6.07 Å². The molecule has 2 aliphatic carbocycles. The molecule has 2 aromatic carbocycles. The van der Waals surface area contributed by atoms with Crippen molar-refractivity contribution >= 4 is 11.8 Å². The fourth-order valence-corrected chi connectivity index (χ4v) is 7.04. The van der Waals surface area contributed by atoms with Crippen LogP contribution in [0, 0.1) is 17.2 Å². The maximum Gasteiger partial charge on any atom is 0.251 e. The summed E-state index contributed by atoms with van der Waals surface area (Å²) in [5.41, 5.74) is 12.8. The average molecular weight is 567 g/mol. The molecular weight excluding hydrogens is 524 g/mol. The SMILES string of the molecule is C=C(CNCCC1(C(N)=O)c2ccc(CC(=C)NC)cc2CCc2cc(C(=O)NC)ccc21)CN1C(C#N)C[C@@H]2C[C@@H]21. The highest BCUT2D eigenvalue weighted by Crippen LogP contribution is 2.47. The zero-order valence-corrected chi connectivity index (χ0v) is 24.8. The van der Waals surface area contributed by atoms with Crippen molar-refractivity contribution in [2.75, 3.05) is 33.7 Å². The lowest BCUT2D eigenvalue weighted by molar-refractivity contribution is -0.122. The van der Waals surface area contributed by atoms with E-state index in [1.54, 1.807) is 13.1 Å². The van der Waals surface area contributed by atoms with Crippen molar-refractivity contribution in [1.82, 2.24) is 20.9 Å². The highest BCUT2D eigenvalue weighted by molar-refractivity contribution is 5.96. The number of likely N-dealkylation sites (tertiary alicyclic amines) is 1. The van der Waals surface area contributed by atoms with E-state index in [4.69, 9.17) is 5.73 Å². The lowest BCUT2D eigenvalue weighted by Gasteiger charge is -2.34. The summed E-state index contributed by atoms with van der Waals surface area (Å²) in [6.45, 7) is 10.2. The number of piperidine rings is 1. The normalized spacial score (nSPS) is 23.9. The number of allylic oxidation sites excluding steroid dienone is 1. The van der Waals surface area contributed by atoms with Crippen LogP contribution in [0.1, 0.15) is 57.4 Å². The zero-order chi connectivity index (χ0) is 30.0. The van der Waals surface area contributed by atoms with Gasteiger partial charge in [-0.2, -0.15) is 5.26 Å². The summed E-state index contributed by atoms with van der Waals surface area (Å²) in [6, 6.07) is 14.8. The van der Waals surface area contributed by atoms with Gasteiger partial charge in [-0.15, -0.1) is 0 Å². The van der Waals surface area contributed by atoms with E-state index in [1.165, 1.54) is 6.42 Å². The Morgan fingerprint density at radius 1 is 1.07 bits per heavy atom. The van der Waals surface area contributed by atoms with Gasteiger partial charge in [0.1, 0.15) is 5.41 Å². The second kappa shape index (κ2) is 12.1. The summed E-state index contributed by atoms with van der Waals surface area (Å²) in [5.74, 6) is 0.106. The number of rotatable bonds is 12. The number of amides is 2. The Morgan fingerprint density at radius 3 is 2.45 bits per heavy atom. The van der Waals surface area contributed by atoms with Crippen LogP contribution in [0.4, 0.5) is 0 Å². The summed E-state index contributed by atoms with van der Waals surface area (Å²) in [6.07, 6.45) is 4.74. The van der Waals surface area contributed by atoms with Crippen molar-refractivity contribution in [2.24, 2.45) is 11.7 Å². The molecule has 42 heavy (non-hydrogen) atoms. The van der Waals surface area contributed by atoms with Crippen molar-refractivity contribution in [1.29, 1.82) is 5.26 Å². The number of nitrogens with two attached hydrogens (primary N) is 1. The number of nitrogens with one attached hydrogen (secondary N) is 3. The van der Waals surface area contributed by atoms with Gasteiger partial charge in [0.05, 0.1) is 12.1 Å². The Morgan fingerprint density at radius 2 is 1.79 bits per heavy atom. The Bertz CT molecular complexity index is 1460. The molecule has 0 aromatic heterocycles. The van der Waals surface area contributed by atoms with Crippen molar-refractivity contribution in [3.05, 3.63) is 94.2 Å². The number of nitriles is 1. The standard InChI is InChI=1S/C34H42N6O2/c1-21(20-40-28(18-35)16-27-17-31(27)40)19-39-12-11-34(33(36)42)29-9-5-23(13-22(2)37-3)14-24(29)6-7-25-15-26(32(41)38-4)8-10-30(25)34/h5,8-10,14-15,27-28,31,37,39H,1-2,6-7,11-13,16-17,19-20H2,3-4H3,(H2,36,42)(H,38,41)/t27-,28?,31+,34?/m1/s1. The van der Waals surface area contributed by atoms with Crippen LogP contribution in [0.3, 0.4) is 0 Å². The minimum atomic E-state index is -1.06. The van der Waals surface area contributed by atoms with Crippen LogP contribution in [0.15, 0.2) is 60.8 Å². The number of likely N-dealkylation sites (N-methyl/N-ethyl adjacent to an activating group) is 1. The molecule has 3 aliphatic rings. The molecule has 2 aromatic rings. The first-order valence-electron chi connectivity index (χ1n) is 14.9. The Hall–Kier alpha value is -3.93. The van der Waals surface area contributed by atoms with Crippen LogP contribution in [-0.4, -0.2) is 62.5 Å². The van der Waals surface area contributed by atoms with Gasteiger partial charge >= 0.3 is 0 Å². The fraction of sp³-hybridized carbons (Fsp3) is 0.441. The molecule has 8 heteroatoms. The first-order valence-corrected chi connectivity index (χ1v) is 14.9. The van der Waals surface area contributed by atoms with Gasteiger partial charge in [0.25, 0.3) is 5.91 Å². The monoisotopic (exact) mass is 566 g/mol. The van der Waals surface area contributed by atoms with Gasteiger partial charge < -0.3 is 21.7 Å². The third-order valence-electron chi connectivity index (χ3n) is 9.38. The van der Waals surface area contributed by atoms with Gasteiger partial charge in [-0.25, -0.2) is 0 Å². The van der Waals surface area contributed by atoms with E-state index in [9.17, 15) is 14.9 Å². The maximum atomic E-state index is 13.6. The smallest absolute Gasteiger partial charge is 0.251 e. The fourth-order valence-electron chi connectivity index (χ4n) is 7.04. The van der Waals surface area contributed by atoms with Gasteiger partial charge in [0, 0.05) is 50.9 Å². The lowest BCUT2D eigenvalue weighted by Crippen LogP contribution is -2.45. The first-order chi connectivity index (χ1) is 20.2. The van der Waals surface area contributed by atoms with Gasteiger partial charge in [0.2, 0.25) is 5.91 Å². The second-order valence-corrected chi connectivity index (χ2v) is 12.0. The molecular formula is C34H42N6O2. The van der Waals surface area contributed by atoms with E-state index < -0.39 is 11.3 Å². The minimum absolute atomic E-state index is 0.0162. The Balaban J connectivity index is 1.41. The predicted octanol–water partition coefficient (Wildman–Crippen LogP) is 2.71. The summed E-state index contributed by atoms with van der Waals surface area (Å²) in [7, 11) is 3.48. The number of carbonyl (C=O) groups is 2. The third-order valence-corrected chi connectivity index (χ3v) is 9.38. The summed E-state index contributed by atoms with van der Waals surface area (Å²) < 4.78 is 0. The van der Waals surface area contributed by atoms with Gasteiger partial charge in [-0.05, 0) is 90.1 Å². The molecule has 1 heterocycles. The molecule has 2 unspecified atom stereocenters. The number of fused-ring (bicyclic) bond motifs is 3. The van der Waals surface area contributed by atoms with Crippen LogP contribution >= 0.6 is 0 Å². The molecule has 2 fully saturated rings. The van der Waals surface area contributed by atoms with Crippen LogP contribution in [0.5, 0.6) is 0 Å². The van der Waals surface area contributed by atoms with Crippen LogP contribution < -0.4 is 21.7 Å². The molecule has 1 saturated carbocycles. The van der Waals surface area contributed by atoms with Crippen molar-refractivity contribution < 1.29 is 9.59 Å². The van der Waals surface area contributed by atoms with E-state index in [2.05, 4.69) is 58.3 Å². The van der Waals surface area contributed by atoms with Gasteiger partial charge in [0.15, 0.2) is 0 Å². The Labute approximate surface area is 249 Å². The number of aryl methyl sites for hydroxylation is 2.